The second kappa shape index (κ2) is 4.82. The van der Waals surface area contributed by atoms with E-state index in [0.717, 1.165) is 16.1 Å². The van der Waals surface area contributed by atoms with Crippen molar-refractivity contribution < 1.29 is 9.90 Å². The zero-order valence-electron chi connectivity index (χ0n) is 9.96. The maximum atomic E-state index is 12.0. The Morgan fingerprint density at radius 3 is 2.58 bits per heavy atom. The van der Waals surface area contributed by atoms with E-state index in [2.05, 4.69) is 5.32 Å². The van der Waals surface area contributed by atoms with Crippen molar-refractivity contribution in [3.05, 3.63) is 59.0 Å². The smallest absolute Gasteiger partial charge is 0.262 e. The van der Waals surface area contributed by atoms with Crippen molar-refractivity contribution in [3.63, 3.8) is 0 Å². The number of phenolic OH excluding ortho intramolecular Hbond substituents is 1. The Hall–Kier alpha value is -2.20. The standard InChI is InChI=1S/C15H11NO2S/c17-11-7-5-10(6-8-11)9-14-15(18)16-12-3-1-2-4-13(12)19-14/h1-9,17H,(H,16,18)/b14-9+. The quantitative estimate of drug-likeness (QED) is 0.779. The number of carbonyl (C=O) groups is 1. The summed E-state index contributed by atoms with van der Waals surface area (Å²) in [6.07, 6.45) is 1.81. The Labute approximate surface area is 115 Å². The number of benzene rings is 2. The number of hydrogen-bond acceptors (Lipinski definition) is 3. The molecule has 2 aromatic carbocycles. The molecule has 0 aliphatic carbocycles. The van der Waals surface area contributed by atoms with Gasteiger partial charge in [-0.25, -0.2) is 0 Å². The molecule has 3 rings (SSSR count). The molecule has 0 saturated heterocycles. The molecule has 0 radical (unpaired) electrons. The first-order valence-corrected chi connectivity index (χ1v) is 6.63. The number of rotatable bonds is 1. The molecular formula is C15H11NO2S. The van der Waals surface area contributed by atoms with Crippen LogP contribution >= 0.6 is 11.8 Å². The van der Waals surface area contributed by atoms with Crippen molar-refractivity contribution in [2.24, 2.45) is 0 Å². The number of amides is 1. The van der Waals surface area contributed by atoms with Gasteiger partial charge < -0.3 is 10.4 Å². The number of para-hydroxylation sites is 1. The van der Waals surface area contributed by atoms with E-state index in [9.17, 15) is 9.90 Å². The summed E-state index contributed by atoms with van der Waals surface area (Å²) in [6.45, 7) is 0. The van der Waals surface area contributed by atoms with Crippen LogP contribution in [0.15, 0.2) is 58.3 Å². The largest absolute Gasteiger partial charge is 0.508 e. The first-order chi connectivity index (χ1) is 9.22. The summed E-state index contributed by atoms with van der Waals surface area (Å²) in [5, 5.41) is 12.1. The molecule has 0 aromatic heterocycles. The van der Waals surface area contributed by atoms with Gasteiger partial charge in [-0.15, -0.1) is 0 Å². The van der Waals surface area contributed by atoms with E-state index in [1.54, 1.807) is 24.3 Å². The SMILES string of the molecule is O=C1Nc2ccccc2S/C1=C/c1ccc(O)cc1. The number of thioether (sulfide) groups is 1. The molecule has 1 aliphatic heterocycles. The second-order valence-corrected chi connectivity index (χ2v) is 5.24. The van der Waals surface area contributed by atoms with Crippen LogP contribution in [0.4, 0.5) is 5.69 Å². The summed E-state index contributed by atoms with van der Waals surface area (Å²) in [5.41, 5.74) is 1.73. The van der Waals surface area contributed by atoms with Gasteiger partial charge in [-0.3, -0.25) is 4.79 Å². The predicted octanol–water partition coefficient (Wildman–Crippen LogP) is 3.48. The van der Waals surface area contributed by atoms with E-state index in [0.29, 0.717) is 4.91 Å². The van der Waals surface area contributed by atoms with Crippen molar-refractivity contribution >= 4 is 29.4 Å². The number of nitrogens with one attached hydrogen (secondary N) is 1. The van der Waals surface area contributed by atoms with Crippen LogP contribution in [-0.4, -0.2) is 11.0 Å². The van der Waals surface area contributed by atoms with Gasteiger partial charge in [0, 0.05) is 4.90 Å². The van der Waals surface area contributed by atoms with Crippen LogP contribution in [0.2, 0.25) is 0 Å². The zero-order chi connectivity index (χ0) is 13.2. The van der Waals surface area contributed by atoms with Gasteiger partial charge in [0.2, 0.25) is 0 Å². The second-order valence-electron chi connectivity index (χ2n) is 4.15. The van der Waals surface area contributed by atoms with Crippen molar-refractivity contribution in [1.29, 1.82) is 0 Å². The van der Waals surface area contributed by atoms with E-state index in [4.69, 9.17) is 0 Å². The molecule has 0 fully saturated rings. The average molecular weight is 269 g/mol. The number of carbonyl (C=O) groups excluding carboxylic acids is 1. The van der Waals surface area contributed by atoms with Crippen LogP contribution in [0.25, 0.3) is 6.08 Å². The molecule has 2 N–H and O–H groups in total. The lowest BCUT2D eigenvalue weighted by Crippen LogP contribution is -2.16. The topological polar surface area (TPSA) is 49.3 Å². The first kappa shape index (κ1) is 11.9. The van der Waals surface area contributed by atoms with Gasteiger partial charge in [-0.05, 0) is 35.9 Å². The Morgan fingerprint density at radius 1 is 1.05 bits per heavy atom. The fraction of sp³-hybridized carbons (Fsp3) is 0. The minimum absolute atomic E-state index is 0.100. The van der Waals surface area contributed by atoms with Gasteiger partial charge in [-0.2, -0.15) is 0 Å². The predicted molar refractivity (Wildman–Crippen MR) is 77.0 cm³/mol. The third-order valence-corrected chi connectivity index (χ3v) is 3.87. The number of hydrogen-bond donors (Lipinski definition) is 2. The van der Waals surface area contributed by atoms with Crippen LogP contribution < -0.4 is 5.32 Å². The molecule has 1 amide bonds. The third-order valence-electron chi connectivity index (χ3n) is 2.77. The highest BCUT2D eigenvalue weighted by molar-refractivity contribution is 8.04. The van der Waals surface area contributed by atoms with E-state index in [1.165, 1.54) is 11.8 Å². The average Bonchev–Trinajstić information content (AvgIpc) is 2.42. The Morgan fingerprint density at radius 2 is 1.79 bits per heavy atom. The van der Waals surface area contributed by atoms with Crippen molar-refractivity contribution in [1.82, 2.24) is 0 Å². The molecule has 4 heteroatoms. The van der Waals surface area contributed by atoms with Crippen LogP contribution in [-0.2, 0) is 4.79 Å². The maximum absolute atomic E-state index is 12.0. The van der Waals surface area contributed by atoms with Crippen LogP contribution in [0.3, 0.4) is 0 Å². The first-order valence-electron chi connectivity index (χ1n) is 5.81. The van der Waals surface area contributed by atoms with E-state index in [1.807, 2.05) is 30.3 Å². The number of anilines is 1. The molecule has 1 heterocycles. The number of phenols is 1. The molecule has 2 aromatic rings. The van der Waals surface area contributed by atoms with Crippen molar-refractivity contribution in [2.45, 2.75) is 4.90 Å². The highest BCUT2D eigenvalue weighted by atomic mass is 32.2. The van der Waals surface area contributed by atoms with Crippen LogP contribution in [0.1, 0.15) is 5.56 Å². The summed E-state index contributed by atoms with van der Waals surface area (Å²) in [6, 6.07) is 14.5. The molecular weight excluding hydrogens is 258 g/mol. The molecule has 0 saturated carbocycles. The monoisotopic (exact) mass is 269 g/mol. The van der Waals surface area contributed by atoms with Crippen molar-refractivity contribution in [2.75, 3.05) is 5.32 Å². The maximum Gasteiger partial charge on any atom is 0.262 e. The lowest BCUT2D eigenvalue weighted by atomic mass is 10.2. The Kier molecular flexibility index (Phi) is 3.01. The normalized spacial score (nSPS) is 16.0. The number of fused-ring (bicyclic) bond motifs is 1. The summed E-state index contributed by atoms with van der Waals surface area (Å²) < 4.78 is 0. The highest BCUT2D eigenvalue weighted by Gasteiger charge is 2.20. The Bertz CT molecular complexity index is 662. The fourth-order valence-electron chi connectivity index (χ4n) is 1.82. The molecule has 0 bridgehead atoms. The lowest BCUT2D eigenvalue weighted by molar-refractivity contribution is -0.112. The van der Waals surface area contributed by atoms with Gasteiger partial charge in [0.05, 0.1) is 10.6 Å². The molecule has 0 unspecified atom stereocenters. The third kappa shape index (κ3) is 2.48. The number of aromatic hydroxyl groups is 1. The van der Waals surface area contributed by atoms with Gasteiger partial charge in [-0.1, -0.05) is 36.0 Å². The van der Waals surface area contributed by atoms with Crippen molar-refractivity contribution in [3.8, 4) is 5.75 Å². The minimum Gasteiger partial charge on any atom is -0.508 e. The summed E-state index contributed by atoms with van der Waals surface area (Å²) in [7, 11) is 0. The molecule has 0 spiro atoms. The minimum atomic E-state index is -0.100. The molecule has 19 heavy (non-hydrogen) atoms. The van der Waals surface area contributed by atoms with Crippen LogP contribution in [0, 0.1) is 0 Å². The van der Waals surface area contributed by atoms with E-state index >= 15 is 0 Å². The van der Waals surface area contributed by atoms with E-state index < -0.39 is 0 Å². The highest BCUT2D eigenvalue weighted by Crippen LogP contribution is 2.38. The van der Waals surface area contributed by atoms with Gasteiger partial charge in [0.25, 0.3) is 5.91 Å². The summed E-state index contributed by atoms with van der Waals surface area (Å²) in [5.74, 6) is 0.116. The molecule has 94 valence electrons. The lowest BCUT2D eigenvalue weighted by Gasteiger charge is -2.18. The summed E-state index contributed by atoms with van der Waals surface area (Å²) >= 11 is 1.45. The van der Waals surface area contributed by atoms with Gasteiger partial charge in [0.1, 0.15) is 5.75 Å². The summed E-state index contributed by atoms with van der Waals surface area (Å²) in [4.78, 5) is 13.7. The van der Waals surface area contributed by atoms with Crippen LogP contribution in [0.5, 0.6) is 5.75 Å². The molecule has 3 nitrogen and oxygen atoms in total. The molecule has 1 aliphatic rings. The Balaban J connectivity index is 1.94. The van der Waals surface area contributed by atoms with Gasteiger partial charge in [0.15, 0.2) is 0 Å². The van der Waals surface area contributed by atoms with Gasteiger partial charge >= 0.3 is 0 Å². The van der Waals surface area contributed by atoms with E-state index in [-0.39, 0.29) is 11.7 Å². The fourth-order valence-corrected chi connectivity index (χ4v) is 2.78. The molecule has 0 atom stereocenters. The zero-order valence-corrected chi connectivity index (χ0v) is 10.8.